The number of rotatable bonds is 2. The van der Waals surface area contributed by atoms with Gasteiger partial charge in [-0.3, -0.25) is 0 Å². The maximum atomic E-state index is 13.5. The van der Waals surface area contributed by atoms with Gasteiger partial charge in [-0.25, -0.2) is 9.18 Å². The summed E-state index contributed by atoms with van der Waals surface area (Å²) in [5.41, 5.74) is 0.0325. The molecule has 1 saturated carbocycles. The molecule has 104 valence electrons. The lowest BCUT2D eigenvalue weighted by Crippen LogP contribution is -2.43. The minimum Gasteiger partial charge on any atom is -0.335 e. The molecule has 2 amide bonds. The molecule has 3 nitrogen and oxygen atoms in total. The van der Waals surface area contributed by atoms with Crippen molar-refractivity contribution in [2.45, 2.75) is 38.6 Å². The van der Waals surface area contributed by atoms with Gasteiger partial charge in [0.15, 0.2) is 0 Å². The molecule has 0 radical (unpaired) electrons. The molecular weight excluding hydrogens is 267 g/mol. The molecule has 2 atom stereocenters. The number of halogens is 2. The van der Waals surface area contributed by atoms with Crippen LogP contribution >= 0.6 is 11.6 Å². The Kier molecular flexibility index (Phi) is 4.64. The highest BCUT2D eigenvalue weighted by Crippen LogP contribution is 2.26. The Morgan fingerprint density at radius 1 is 1.37 bits per heavy atom. The molecule has 2 N–H and O–H groups in total. The number of nitrogens with one attached hydrogen (secondary N) is 2. The Morgan fingerprint density at radius 2 is 2.11 bits per heavy atom. The fourth-order valence-corrected chi connectivity index (χ4v) is 2.68. The summed E-state index contributed by atoms with van der Waals surface area (Å²) in [7, 11) is 0. The SMILES string of the molecule is CC1CCCCC1NC(=O)Nc1c(F)cccc1Cl. The van der Waals surface area contributed by atoms with Gasteiger partial charge in [-0.1, -0.05) is 37.4 Å². The first-order valence-electron chi connectivity index (χ1n) is 6.59. The Bertz CT molecular complexity index is 447. The minimum atomic E-state index is -0.528. The van der Waals surface area contributed by atoms with Gasteiger partial charge < -0.3 is 10.6 Å². The summed E-state index contributed by atoms with van der Waals surface area (Å²) < 4.78 is 13.5. The van der Waals surface area contributed by atoms with Gasteiger partial charge in [-0.15, -0.1) is 0 Å². The van der Waals surface area contributed by atoms with E-state index in [1.54, 1.807) is 6.07 Å². The van der Waals surface area contributed by atoms with E-state index in [1.165, 1.54) is 18.6 Å². The molecule has 19 heavy (non-hydrogen) atoms. The van der Waals surface area contributed by atoms with Crippen molar-refractivity contribution in [3.8, 4) is 0 Å². The smallest absolute Gasteiger partial charge is 0.319 e. The number of anilines is 1. The molecule has 5 heteroatoms. The van der Waals surface area contributed by atoms with Crippen LogP contribution in [0.2, 0.25) is 5.02 Å². The van der Waals surface area contributed by atoms with Crippen LogP contribution in [0.1, 0.15) is 32.6 Å². The summed E-state index contributed by atoms with van der Waals surface area (Å²) in [6.45, 7) is 2.13. The van der Waals surface area contributed by atoms with E-state index in [0.717, 1.165) is 19.3 Å². The van der Waals surface area contributed by atoms with Crippen molar-refractivity contribution in [1.29, 1.82) is 0 Å². The number of benzene rings is 1. The van der Waals surface area contributed by atoms with Crippen molar-refractivity contribution >= 4 is 23.3 Å². The maximum Gasteiger partial charge on any atom is 0.319 e. The van der Waals surface area contributed by atoms with Gasteiger partial charge >= 0.3 is 6.03 Å². The molecule has 0 aromatic heterocycles. The van der Waals surface area contributed by atoms with Crippen molar-refractivity contribution in [1.82, 2.24) is 5.32 Å². The van der Waals surface area contributed by atoms with Crippen LogP contribution in [0, 0.1) is 11.7 Å². The highest BCUT2D eigenvalue weighted by atomic mass is 35.5. The first kappa shape index (κ1) is 14.1. The second-order valence-electron chi connectivity index (χ2n) is 5.06. The first-order chi connectivity index (χ1) is 9.08. The summed E-state index contributed by atoms with van der Waals surface area (Å²) in [6, 6.07) is 4.07. The monoisotopic (exact) mass is 284 g/mol. The molecular formula is C14H18ClFN2O. The van der Waals surface area contributed by atoms with E-state index in [-0.39, 0.29) is 16.8 Å². The van der Waals surface area contributed by atoms with Crippen LogP contribution in [0.3, 0.4) is 0 Å². The van der Waals surface area contributed by atoms with E-state index in [9.17, 15) is 9.18 Å². The number of amides is 2. The summed E-state index contributed by atoms with van der Waals surface area (Å²) in [5.74, 6) is -0.0741. The molecule has 1 aromatic rings. The molecule has 0 bridgehead atoms. The molecule has 2 rings (SSSR count). The number of urea groups is 1. The van der Waals surface area contributed by atoms with E-state index in [4.69, 9.17) is 11.6 Å². The maximum absolute atomic E-state index is 13.5. The summed E-state index contributed by atoms with van der Waals surface area (Å²) in [6.07, 6.45) is 4.42. The molecule has 0 spiro atoms. The number of carbonyl (C=O) groups excluding carboxylic acids is 1. The molecule has 2 unspecified atom stereocenters. The number of hydrogen-bond donors (Lipinski definition) is 2. The van der Waals surface area contributed by atoms with Crippen molar-refractivity contribution in [3.63, 3.8) is 0 Å². The summed E-state index contributed by atoms with van der Waals surface area (Å²) >= 11 is 5.86. The average Bonchev–Trinajstić information content (AvgIpc) is 2.37. The largest absolute Gasteiger partial charge is 0.335 e. The third-order valence-electron chi connectivity index (χ3n) is 3.63. The van der Waals surface area contributed by atoms with Crippen LogP contribution in [0.15, 0.2) is 18.2 Å². The van der Waals surface area contributed by atoms with Gasteiger partial charge in [0.05, 0.1) is 10.7 Å². The Morgan fingerprint density at radius 3 is 2.79 bits per heavy atom. The van der Waals surface area contributed by atoms with Crippen LogP contribution in [0.4, 0.5) is 14.9 Å². The fraction of sp³-hybridized carbons (Fsp3) is 0.500. The summed E-state index contributed by atoms with van der Waals surface area (Å²) in [4.78, 5) is 11.9. The van der Waals surface area contributed by atoms with E-state index < -0.39 is 11.8 Å². The van der Waals surface area contributed by atoms with Crippen molar-refractivity contribution in [2.75, 3.05) is 5.32 Å². The van der Waals surface area contributed by atoms with Crippen LogP contribution in [0.5, 0.6) is 0 Å². The molecule has 1 fully saturated rings. The Balaban J connectivity index is 1.97. The zero-order valence-corrected chi connectivity index (χ0v) is 11.6. The molecule has 1 aromatic carbocycles. The van der Waals surface area contributed by atoms with Gasteiger partial charge in [0.25, 0.3) is 0 Å². The second kappa shape index (κ2) is 6.24. The fourth-order valence-electron chi connectivity index (χ4n) is 2.47. The third-order valence-corrected chi connectivity index (χ3v) is 3.94. The van der Waals surface area contributed by atoms with E-state index in [1.807, 2.05) is 0 Å². The Hall–Kier alpha value is -1.29. The molecule has 1 aliphatic carbocycles. The van der Waals surface area contributed by atoms with Crippen LogP contribution in [0.25, 0.3) is 0 Å². The lowest BCUT2D eigenvalue weighted by molar-refractivity contribution is 0.232. The number of hydrogen-bond acceptors (Lipinski definition) is 1. The van der Waals surface area contributed by atoms with E-state index in [0.29, 0.717) is 5.92 Å². The molecule has 0 aliphatic heterocycles. The lowest BCUT2D eigenvalue weighted by atomic mass is 9.86. The highest BCUT2D eigenvalue weighted by Gasteiger charge is 2.23. The topological polar surface area (TPSA) is 41.1 Å². The average molecular weight is 285 g/mol. The first-order valence-corrected chi connectivity index (χ1v) is 6.97. The van der Waals surface area contributed by atoms with Gasteiger partial charge in [-0.2, -0.15) is 0 Å². The van der Waals surface area contributed by atoms with Crippen molar-refractivity contribution in [3.05, 3.63) is 29.0 Å². The molecule has 0 saturated heterocycles. The summed E-state index contributed by atoms with van der Waals surface area (Å²) in [5, 5.41) is 5.59. The van der Waals surface area contributed by atoms with E-state index in [2.05, 4.69) is 17.6 Å². The predicted molar refractivity (Wildman–Crippen MR) is 75.0 cm³/mol. The lowest BCUT2D eigenvalue weighted by Gasteiger charge is -2.29. The van der Waals surface area contributed by atoms with Crippen molar-refractivity contribution < 1.29 is 9.18 Å². The zero-order chi connectivity index (χ0) is 13.8. The van der Waals surface area contributed by atoms with Crippen LogP contribution in [-0.4, -0.2) is 12.1 Å². The van der Waals surface area contributed by atoms with Gasteiger partial charge in [-0.05, 0) is 30.9 Å². The van der Waals surface area contributed by atoms with Gasteiger partial charge in [0.2, 0.25) is 0 Å². The van der Waals surface area contributed by atoms with Crippen LogP contribution in [-0.2, 0) is 0 Å². The Labute approximate surface area is 117 Å². The second-order valence-corrected chi connectivity index (χ2v) is 5.47. The van der Waals surface area contributed by atoms with Gasteiger partial charge in [0.1, 0.15) is 5.82 Å². The predicted octanol–water partition coefficient (Wildman–Crippen LogP) is 4.18. The number of carbonyl (C=O) groups is 1. The highest BCUT2D eigenvalue weighted by molar-refractivity contribution is 6.33. The zero-order valence-electron chi connectivity index (χ0n) is 10.9. The van der Waals surface area contributed by atoms with Crippen molar-refractivity contribution in [2.24, 2.45) is 5.92 Å². The number of para-hydroxylation sites is 1. The molecule has 1 aliphatic rings. The van der Waals surface area contributed by atoms with Gasteiger partial charge in [0, 0.05) is 6.04 Å². The third kappa shape index (κ3) is 3.60. The standard InChI is InChI=1S/C14H18ClFN2O/c1-9-5-2-3-8-12(9)17-14(19)18-13-10(15)6-4-7-11(13)16/h4,6-7,9,12H,2-3,5,8H2,1H3,(H2,17,18,19). The van der Waals surface area contributed by atoms with Crippen LogP contribution < -0.4 is 10.6 Å². The normalized spacial score (nSPS) is 22.9. The quantitative estimate of drug-likeness (QED) is 0.840. The minimum absolute atomic E-state index is 0.0325. The molecule has 0 heterocycles. The van der Waals surface area contributed by atoms with E-state index >= 15 is 0 Å².